The molecule has 102 valence electrons. The Morgan fingerprint density at radius 3 is 2.89 bits per heavy atom. The lowest BCUT2D eigenvalue weighted by molar-refractivity contribution is -0.118. The fourth-order valence-corrected chi connectivity index (χ4v) is 2.26. The second-order valence-corrected chi connectivity index (χ2v) is 4.94. The number of carbonyl (C=O) groups excluding carboxylic acids is 1. The van der Waals surface area contributed by atoms with Crippen molar-refractivity contribution >= 4 is 23.6 Å². The Morgan fingerprint density at radius 2 is 2.21 bits per heavy atom. The zero-order chi connectivity index (χ0) is 13.8. The molecule has 1 amide bonds. The lowest BCUT2D eigenvalue weighted by Crippen LogP contribution is -2.39. The third-order valence-corrected chi connectivity index (χ3v) is 3.26. The monoisotopic (exact) mass is 260 g/mol. The van der Waals surface area contributed by atoms with Gasteiger partial charge in [0.2, 0.25) is 5.91 Å². The molecule has 1 heterocycles. The number of hydrogen-bond donors (Lipinski definition) is 1. The Morgan fingerprint density at radius 1 is 1.42 bits per heavy atom. The molecule has 1 aliphatic rings. The van der Waals surface area contributed by atoms with Gasteiger partial charge in [0, 0.05) is 25.2 Å². The number of benzene rings is 1. The maximum Gasteiger partial charge on any atom is 0.227 e. The second-order valence-electron chi connectivity index (χ2n) is 4.94. The lowest BCUT2D eigenvalue weighted by atomic mass is 10.0. The molecule has 0 atom stereocenters. The van der Waals surface area contributed by atoms with Crippen LogP contribution in [-0.2, 0) is 11.2 Å². The van der Waals surface area contributed by atoms with Crippen LogP contribution in [0, 0.1) is 0 Å². The molecule has 1 aromatic rings. The van der Waals surface area contributed by atoms with Crippen molar-refractivity contribution in [2.24, 2.45) is 10.7 Å². The number of anilines is 1. The van der Waals surface area contributed by atoms with Crippen LogP contribution < -0.4 is 10.6 Å². The molecular weight excluding hydrogens is 240 g/mol. The van der Waals surface area contributed by atoms with Gasteiger partial charge in [0.1, 0.15) is 0 Å². The summed E-state index contributed by atoms with van der Waals surface area (Å²) in [5.41, 5.74) is 8.32. The molecule has 0 radical (unpaired) electrons. The minimum atomic E-state index is 0.199. The highest BCUT2D eigenvalue weighted by atomic mass is 16.2. The van der Waals surface area contributed by atoms with Gasteiger partial charge >= 0.3 is 0 Å². The van der Waals surface area contributed by atoms with Gasteiger partial charge in [0.25, 0.3) is 0 Å². The van der Waals surface area contributed by atoms with Gasteiger partial charge < -0.3 is 15.5 Å². The van der Waals surface area contributed by atoms with E-state index in [1.807, 2.05) is 37.2 Å². The average Bonchev–Trinajstić information content (AvgIpc) is 2.38. The molecule has 1 aliphatic heterocycles. The summed E-state index contributed by atoms with van der Waals surface area (Å²) in [5, 5.41) is 0. The Balaban J connectivity index is 2.26. The van der Waals surface area contributed by atoms with E-state index >= 15 is 0 Å². The van der Waals surface area contributed by atoms with E-state index in [0.29, 0.717) is 6.42 Å². The normalized spacial score (nSPS) is 15.3. The summed E-state index contributed by atoms with van der Waals surface area (Å²) < 4.78 is 0. The molecule has 0 fully saturated rings. The first-order valence-electron chi connectivity index (χ1n) is 6.44. The molecule has 19 heavy (non-hydrogen) atoms. The van der Waals surface area contributed by atoms with Gasteiger partial charge in [-0.15, -0.1) is 0 Å². The number of likely N-dealkylation sites (N-methyl/N-ethyl adjacent to an activating group) is 1. The summed E-state index contributed by atoms with van der Waals surface area (Å²) in [7, 11) is 4.02. The van der Waals surface area contributed by atoms with E-state index in [-0.39, 0.29) is 5.91 Å². The molecule has 0 aromatic heterocycles. The number of aliphatic imine (C=N–C) groups is 1. The minimum Gasteiger partial charge on any atom is -0.390 e. The van der Waals surface area contributed by atoms with Crippen molar-refractivity contribution in [2.45, 2.75) is 12.8 Å². The van der Waals surface area contributed by atoms with Crippen LogP contribution in [0.3, 0.4) is 0 Å². The Hall–Kier alpha value is -1.88. The van der Waals surface area contributed by atoms with Gasteiger partial charge in [-0.2, -0.15) is 0 Å². The zero-order valence-corrected chi connectivity index (χ0v) is 11.5. The van der Waals surface area contributed by atoms with E-state index in [4.69, 9.17) is 5.73 Å². The van der Waals surface area contributed by atoms with Crippen LogP contribution in [0.5, 0.6) is 0 Å². The van der Waals surface area contributed by atoms with Gasteiger partial charge in [-0.3, -0.25) is 4.79 Å². The van der Waals surface area contributed by atoms with Crippen LogP contribution >= 0.6 is 0 Å². The lowest BCUT2D eigenvalue weighted by Gasteiger charge is -2.30. The molecule has 0 bridgehead atoms. The Bertz CT molecular complexity index is 496. The average molecular weight is 260 g/mol. The van der Waals surface area contributed by atoms with Crippen molar-refractivity contribution in [3.63, 3.8) is 0 Å². The van der Waals surface area contributed by atoms with Crippen LogP contribution in [-0.4, -0.2) is 44.3 Å². The Kier molecular flexibility index (Phi) is 4.16. The fraction of sp³-hybridized carbons (Fsp3) is 0.429. The predicted octanol–water partition coefficient (Wildman–Crippen LogP) is 1.15. The van der Waals surface area contributed by atoms with E-state index in [1.165, 1.54) is 11.9 Å². The first-order valence-corrected chi connectivity index (χ1v) is 6.44. The van der Waals surface area contributed by atoms with Gasteiger partial charge in [-0.1, -0.05) is 0 Å². The van der Waals surface area contributed by atoms with Crippen molar-refractivity contribution < 1.29 is 4.79 Å². The third kappa shape index (κ3) is 3.12. The van der Waals surface area contributed by atoms with E-state index in [2.05, 4.69) is 9.89 Å². The summed E-state index contributed by atoms with van der Waals surface area (Å²) in [6.07, 6.45) is 2.64. The van der Waals surface area contributed by atoms with Crippen LogP contribution in [0.25, 0.3) is 0 Å². The van der Waals surface area contributed by atoms with E-state index in [1.54, 1.807) is 0 Å². The molecule has 5 heteroatoms. The quantitative estimate of drug-likeness (QED) is 0.652. The number of rotatable bonds is 4. The van der Waals surface area contributed by atoms with Crippen molar-refractivity contribution in [1.29, 1.82) is 0 Å². The third-order valence-electron chi connectivity index (χ3n) is 3.26. The predicted molar refractivity (Wildman–Crippen MR) is 78.0 cm³/mol. The molecule has 1 aromatic carbocycles. The molecule has 2 rings (SSSR count). The maximum absolute atomic E-state index is 12.0. The van der Waals surface area contributed by atoms with Crippen molar-refractivity contribution in [3.8, 4) is 0 Å². The van der Waals surface area contributed by atoms with Gasteiger partial charge in [-0.25, -0.2) is 4.99 Å². The summed E-state index contributed by atoms with van der Waals surface area (Å²) >= 11 is 0. The molecular formula is C14H20N4O. The SMILES string of the molecule is CN(C)CCN1C(=O)CCc2cc(N=CN)ccc21. The highest BCUT2D eigenvalue weighted by Crippen LogP contribution is 2.30. The van der Waals surface area contributed by atoms with Gasteiger partial charge in [0.05, 0.1) is 12.0 Å². The van der Waals surface area contributed by atoms with E-state index < -0.39 is 0 Å². The topological polar surface area (TPSA) is 61.9 Å². The van der Waals surface area contributed by atoms with Crippen LogP contribution in [0.2, 0.25) is 0 Å². The second kappa shape index (κ2) is 5.84. The smallest absolute Gasteiger partial charge is 0.227 e. The van der Waals surface area contributed by atoms with E-state index in [0.717, 1.165) is 30.9 Å². The molecule has 0 unspecified atom stereocenters. The van der Waals surface area contributed by atoms with Crippen molar-refractivity contribution in [3.05, 3.63) is 23.8 Å². The summed E-state index contributed by atoms with van der Waals surface area (Å²) in [6, 6.07) is 5.86. The maximum atomic E-state index is 12.0. The van der Waals surface area contributed by atoms with Crippen LogP contribution in [0.1, 0.15) is 12.0 Å². The molecule has 0 saturated carbocycles. The zero-order valence-electron chi connectivity index (χ0n) is 11.5. The molecule has 2 N–H and O–H groups in total. The largest absolute Gasteiger partial charge is 0.390 e. The summed E-state index contributed by atoms with van der Waals surface area (Å²) in [4.78, 5) is 20.1. The first kappa shape index (κ1) is 13.5. The van der Waals surface area contributed by atoms with Crippen LogP contribution in [0.15, 0.2) is 23.2 Å². The standard InChI is InChI=1S/C14H20N4O/c1-17(2)7-8-18-13-5-4-12(16-10-15)9-11(13)3-6-14(18)19/h4-5,9-10H,3,6-8H2,1-2H3,(H2,15,16). The minimum absolute atomic E-state index is 0.199. The van der Waals surface area contributed by atoms with E-state index in [9.17, 15) is 4.79 Å². The number of carbonyl (C=O) groups is 1. The molecule has 5 nitrogen and oxygen atoms in total. The molecule has 0 saturated heterocycles. The number of nitrogens with two attached hydrogens (primary N) is 1. The number of amides is 1. The number of nitrogens with zero attached hydrogens (tertiary/aromatic N) is 3. The number of hydrogen-bond acceptors (Lipinski definition) is 3. The molecule has 0 spiro atoms. The highest BCUT2D eigenvalue weighted by molar-refractivity contribution is 5.96. The van der Waals surface area contributed by atoms with Crippen molar-refractivity contribution in [2.75, 3.05) is 32.1 Å². The summed E-state index contributed by atoms with van der Waals surface area (Å²) in [5.74, 6) is 0.199. The Labute approximate surface area is 113 Å². The fourth-order valence-electron chi connectivity index (χ4n) is 2.26. The first-order chi connectivity index (χ1) is 9.11. The van der Waals surface area contributed by atoms with Gasteiger partial charge in [0.15, 0.2) is 0 Å². The number of fused-ring (bicyclic) bond motifs is 1. The highest BCUT2D eigenvalue weighted by Gasteiger charge is 2.23. The van der Waals surface area contributed by atoms with Gasteiger partial charge in [-0.05, 0) is 44.3 Å². The molecule has 0 aliphatic carbocycles. The number of aryl methyl sites for hydroxylation is 1. The van der Waals surface area contributed by atoms with Crippen molar-refractivity contribution in [1.82, 2.24) is 4.90 Å². The summed E-state index contributed by atoms with van der Waals surface area (Å²) in [6.45, 7) is 1.58. The van der Waals surface area contributed by atoms with Crippen LogP contribution in [0.4, 0.5) is 11.4 Å².